The molecule has 2 heterocycles. The van der Waals surface area contributed by atoms with Gasteiger partial charge in [-0.15, -0.1) is 0 Å². The van der Waals surface area contributed by atoms with Gasteiger partial charge >= 0.3 is 0 Å². The van der Waals surface area contributed by atoms with Crippen molar-refractivity contribution in [3.05, 3.63) is 83.1 Å². The van der Waals surface area contributed by atoms with Gasteiger partial charge in [0.1, 0.15) is 11.5 Å². The number of hydrogen-bond acceptors (Lipinski definition) is 4. The minimum absolute atomic E-state index is 0.281. The number of imidazole rings is 1. The van der Waals surface area contributed by atoms with Gasteiger partial charge in [0.05, 0.1) is 12.0 Å². The van der Waals surface area contributed by atoms with E-state index in [1.165, 1.54) is 30.5 Å². The van der Waals surface area contributed by atoms with Crippen LogP contribution in [-0.4, -0.2) is 14.7 Å². The predicted octanol–water partition coefficient (Wildman–Crippen LogP) is 7.09. The number of hydrogen-bond donors (Lipinski definition) is 2. The Morgan fingerprint density at radius 1 is 1.03 bits per heavy atom. The van der Waals surface area contributed by atoms with Crippen LogP contribution >= 0.6 is 0 Å². The monoisotopic (exact) mass is 459 g/mol. The Balaban J connectivity index is 1.50. The van der Waals surface area contributed by atoms with Crippen LogP contribution in [0.3, 0.4) is 0 Å². The number of aromatic nitrogens is 2. The second-order valence-electron chi connectivity index (χ2n) is 9.32. The molecule has 5 rings (SSSR count). The number of anilines is 1. The Morgan fingerprint density at radius 3 is 2.38 bits per heavy atom. The number of aryl methyl sites for hydroxylation is 3. The van der Waals surface area contributed by atoms with E-state index in [9.17, 15) is 9.50 Å². The summed E-state index contributed by atoms with van der Waals surface area (Å²) in [7, 11) is 0. The number of nitrogens with zero attached hydrogens (tertiary/aromatic N) is 2. The first-order valence-corrected chi connectivity index (χ1v) is 11.9. The van der Waals surface area contributed by atoms with Crippen molar-refractivity contribution in [2.24, 2.45) is 0 Å². The molecule has 2 aromatic heterocycles. The van der Waals surface area contributed by atoms with Gasteiger partial charge in [0.2, 0.25) is 0 Å². The van der Waals surface area contributed by atoms with Crippen molar-refractivity contribution >= 4 is 5.69 Å². The topological polar surface area (TPSA) is 63.2 Å². The van der Waals surface area contributed by atoms with Gasteiger partial charge in [0, 0.05) is 17.3 Å². The highest BCUT2D eigenvalue weighted by Gasteiger charge is 2.26. The van der Waals surface area contributed by atoms with Gasteiger partial charge in [-0.2, -0.15) is 0 Å². The number of aliphatic hydroxyl groups excluding tert-OH is 1. The molecule has 6 heteroatoms. The quantitative estimate of drug-likeness (QED) is 0.302. The molecule has 1 fully saturated rings. The summed E-state index contributed by atoms with van der Waals surface area (Å²) in [5.41, 5.74) is 6.67. The lowest BCUT2D eigenvalue weighted by Crippen LogP contribution is -2.11. The first kappa shape index (κ1) is 22.4. The molecule has 2 N–H and O–H groups in total. The summed E-state index contributed by atoms with van der Waals surface area (Å²) in [6.07, 6.45) is 5.43. The molecule has 0 amide bonds. The molecule has 1 unspecified atom stereocenters. The highest BCUT2D eigenvalue weighted by atomic mass is 19.1. The molecule has 1 atom stereocenters. The largest absolute Gasteiger partial charge is 0.455 e. The third-order valence-electron chi connectivity index (χ3n) is 6.72. The molecule has 176 valence electrons. The van der Waals surface area contributed by atoms with Crippen molar-refractivity contribution in [1.29, 1.82) is 0 Å². The highest BCUT2D eigenvalue weighted by Crippen LogP contribution is 2.39. The molecule has 0 radical (unpaired) electrons. The number of benzene rings is 2. The molecule has 5 nitrogen and oxygen atoms in total. The fourth-order valence-corrected chi connectivity index (χ4v) is 5.13. The van der Waals surface area contributed by atoms with Crippen molar-refractivity contribution in [3.63, 3.8) is 0 Å². The summed E-state index contributed by atoms with van der Waals surface area (Å²) in [5.74, 6) is 0.784. The second-order valence-corrected chi connectivity index (χ2v) is 9.32. The van der Waals surface area contributed by atoms with Crippen LogP contribution in [0.5, 0.6) is 0 Å². The Kier molecular flexibility index (Phi) is 6.00. The van der Waals surface area contributed by atoms with E-state index in [-0.39, 0.29) is 5.82 Å². The molecule has 2 aromatic carbocycles. The van der Waals surface area contributed by atoms with Crippen molar-refractivity contribution in [2.75, 3.05) is 5.32 Å². The van der Waals surface area contributed by atoms with E-state index in [1.54, 1.807) is 18.2 Å². The minimum Gasteiger partial charge on any atom is -0.455 e. The maximum absolute atomic E-state index is 13.5. The zero-order valence-electron chi connectivity index (χ0n) is 19.8. The minimum atomic E-state index is -0.994. The van der Waals surface area contributed by atoms with Crippen LogP contribution in [-0.2, 0) is 0 Å². The molecular weight excluding hydrogens is 429 g/mol. The van der Waals surface area contributed by atoms with Crippen molar-refractivity contribution < 1.29 is 13.9 Å². The molecule has 34 heavy (non-hydrogen) atoms. The van der Waals surface area contributed by atoms with Gasteiger partial charge in [-0.3, -0.25) is 0 Å². The first-order valence-electron chi connectivity index (χ1n) is 11.9. The molecule has 1 saturated carbocycles. The smallest absolute Gasteiger partial charge is 0.184 e. The van der Waals surface area contributed by atoms with E-state index in [4.69, 9.17) is 9.40 Å². The Bertz CT molecular complexity index is 1280. The van der Waals surface area contributed by atoms with Gasteiger partial charge in [0.25, 0.3) is 0 Å². The second kappa shape index (κ2) is 9.11. The van der Waals surface area contributed by atoms with Crippen LogP contribution in [0.2, 0.25) is 0 Å². The molecule has 0 aliphatic heterocycles. The van der Waals surface area contributed by atoms with Crippen molar-refractivity contribution in [1.82, 2.24) is 9.55 Å². The van der Waals surface area contributed by atoms with E-state index in [0.717, 1.165) is 46.6 Å². The molecular formula is C28H30FN3O2. The van der Waals surface area contributed by atoms with Gasteiger partial charge in [-0.25, -0.2) is 9.37 Å². The molecule has 0 saturated heterocycles. The lowest BCUT2D eigenvalue weighted by atomic mass is 10.0. The lowest BCUT2D eigenvalue weighted by molar-refractivity contribution is 0.179. The number of halogens is 1. The van der Waals surface area contributed by atoms with Crippen LogP contribution in [0, 0.1) is 26.6 Å². The third kappa shape index (κ3) is 4.26. The number of aliphatic hydroxyl groups is 1. The number of nitrogens with one attached hydrogen (secondary N) is 1. The Labute approximate surface area is 199 Å². The summed E-state index contributed by atoms with van der Waals surface area (Å²) >= 11 is 0. The summed E-state index contributed by atoms with van der Waals surface area (Å²) in [6.45, 7) is 6.11. The van der Waals surface area contributed by atoms with Gasteiger partial charge in [0.15, 0.2) is 17.7 Å². The van der Waals surface area contributed by atoms with E-state index in [1.807, 2.05) is 26.2 Å². The maximum Gasteiger partial charge on any atom is 0.184 e. The van der Waals surface area contributed by atoms with Crippen molar-refractivity contribution in [3.8, 4) is 22.7 Å². The van der Waals surface area contributed by atoms with Gasteiger partial charge in [-0.1, -0.05) is 30.5 Å². The molecule has 1 aliphatic carbocycles. The standard InChI is InChI=1S/C28H30FN3O2/c1-17-14-18(2)25(19(3)15-17)31-28(33)24-13-12-23(34-24)27-26(20-8-10-21(29)11-9-20)30-16-32(27)22-6-4-5-7-22/h8-16,22,28,31,33H,4-7H2,1-3H3. The maximum atomic E-state index is 13.5. The molecule has 1 aliphatic rings. The van der Waals surface area contributed by atoms with Crippen LogP contribution in [0.15, 0.2) is 59.3 Å². The number of furan rings is 1. The zero-order valence-corrected chi connectivity index (χ0v) is 19.8. The third-order valence-corrected chi connectivity index (χ3v) is 6.72. The highest BCUT2D eigenvalue weighted by molar-refractivity contribution is 5.76. The average Bonchev–Trinajstić information content (AvgIpc) is 3.56. The van der Waals surface area contributed by atoms with E-state index < -0.39 is 6.23 Å². The van der Waals surface area contributed by atoms with Crippen molar-refractivity contribution in [2.45, 2.75) is 58.7 Å². The van der Waals surface area contributed by atoms with E-state index >= 15 is 0 Å². The fraction of sp³-hybridized carbons (Fsp3) is 0.321. The molecule has 0 bridgehead atoms. The SMILES string of the molecule is Cc1cc(C)c(NC(O)c2ccc(-c3c(-c4ccc(F)cc4)ncn3C3CCCC3)o2)c(C)c1. The van der Waals surface area contributed by atoms with Crippen LogP contribution in [0.1, 0.15) is 60.4 Å². The van der Waals surface area contributed by atoms with Gasteiger partial charge < -0.3 is 19.4 Å². The number of rotatable bonds is 6. The van der Waals surface area contributed by atoms with Crippen LogP contribution in [0.4, 0.5) is 10.1 Å². The molecule has 4 aromatic rings. The Morgan fingerprint density at radius 2 is 1.71 bits per heavy atom. The summed E-state index contributed by atoms with van der Waals surface area (Å²) in [5, 5.41) is 14.1. The van der Waals surface area contributed by atoms with E-state index in [0.29, 0.717) is 17.6 Å². The first-order chi connectivity index (χ1) is 16.4. The Hall–Kier alpha value is -3.38. The summed E-state index contributed by atoms with van der Waals surface area (Å²) < 4.78 is 21.9. The normalized spacial score (nSPS) is 15.1. The lowest BCUT2D eigenvalue weighted by Gasteiger charge is -2.18. The zero-order chi connectivity index (χ0) is 23.8. The summed E-state index contributed by atoms with van der Waals surface area (Å²) in [4.78, 5) is 4.69. The van der Waals surface area contributed by atoms with Crippen LogP contribution in [0.25, 0.3) is 22.7 Å². The average molecular weight is 460 g/mol. The fourth-order valence-electron chi connectivity index (χ4n) is 5.13. The van der Waals surface area contributed by atoms with E-state index in [2.05, 4.69) is 28.9 Å². The van der Waals surface area contributed by atoms with Crippen LogP contribution < -0.4 is 5.32 Å². The van der Waals surface area contributed by atoms with Gasteiger partial charge in [-0.05, 0) is 81.1 Å². The predicted molar refractivity (Wildman–Crippen MR) is 132 cm³/mol. The summed E-state index contributed by atoms with van der Waals surface area (Å²) in [6, 6.07) is 14.6. The molecule has 0 spiro atoms.